The minimum Gasteiger partial charge on any atom is -0.449 e. The SMILES string of the molecule is CCOC(=O)NN(C(=O)OCC)[C@H]1CC=C[C@@H]1c1sccc1C=O. The van der Waals surface area contributed by atoms with Crippen LogP contribution >= 0.6 is 11.3 Å². The molecule has 0 aromatic carbocycles. The van der Waals surface area contributed by atoms with Crippen LogP contribution in [0.15, 0.2) is 23.6 Å². The Hall–Kier alpha value is -2.35. The van der Waals surface area contributed by atoms with Crippen LogP contribution in [0.25, 0.3) is 0 Å². The van der Waals surface area contributed by atoms with E-state index in [2.05, 4.69) is 5.43 Å². The number of carbonyl (C=O) groups excluding carboxylic acids is 3. The number of amides is 2. The lowest BCUT2D eigenvalue weighted by Crippen LogP contribution is -2.53. The summed E-state index contributed by atoms with van der Waals surface area (Å²) in [4.78, 5) is 36.1. The third-order valence-corrected chi connectivity index (χ3v) is 4.61. The number of nitrogens with zero attached hydrogens (tertiary/aromatic N) is 1. The number of hydrogen-bond donors (Lipinski definition) is 1. The highest BCUT2D eigenvalue weighted by molar-refractivity contribution is 7.10. The van der Waals surface area contributed by atoms with Crippen molar-refractivity contribution in [2.45, 2.75) is 32.2 Å². The second kappa shape index (κ2) is 8.49. The van der Waals surface area contributed by atoms with Crippen molar-refractivity contribution in [3.8, 4) is 0 Å². The zero-order valence-corrected chi connectivity index (χ0v) is 14.4. The molecule has 0 saturated heterocycles. The number of hydrazine groups is 1. The van der Waals surface area contributed by atoms with E-state index in [0.717, 1.165) is 16.2 Å². The summed E-state index contributed by atoms with van der Waals surface area (Å²) in [5, 5.41) is 2.98. The predicted octanol–water partition coefficient (Wildman–Crippen LogP) is 3.09. The zero-order chi connectivity index (χ0) is 17.5. The molecule has 1 heterocycles. The number of aldehydes is 1. The Bertz CT molecular complexity index is 628. The van der Waals surface area contributed by atoms with Gasteiger partial charge in [-0.2, -0.15) is 0 Å². The van der Waals surface area contributed by atoms with Crippen LogP contribution in [0.2, 0.25) is 0 Å². The van der Waals surface area contributed by atoms with E-state index in [4.69, 9.17) is 9.47 Å². The fourth-order valence-corrected chi connectivity index (χ4v) is 3.59. The molecule has 8 heteroatoms. The molecule has 1 aromatic heterocycles. The highest BCUT2D eigenvalue weighted by atomic mass is 32.1. The number of thiophene rings is 1. The Morgan fingerprint density at radius 3 is 2.79 bits per heavy atom. The van der Waals surface area contributed by atoms with Crippen LogP contribution in [0.5, 0.6) is 0 Å². The first-order chi connectivity index (χ1) is 11.6. The van der Waals surface area contributed by atoms with Gasteiger partial charge in [-0.15, -0.1) is 11.3 Å². The molecule has 1 aliphatic carbocycles. The van der Waals surface area contributed by atoms with Crippen LogP contribution in [-0.4, -0.2) is 42.7 Å². The molecule has 130 valence electrons. The van der Waals surface area contributed by atoms with Gasteiger partial charge in [0.1, 0.15) is 0 Å². The smallest absolute Gasteiger partial charge is 0.429 e. The standard InChI is InChI=1S/C16H20N2O5S/c1-3-22-15(20)17-18(16(21)23-4-2)13-7-5-6-12(13)14-11(10-19)8-9-24-14/h5-6,8-10,12-13H,3-4,7H2,1-2H3,(H,17,20)/t12-,13-/m0/s1. The Morgan fingerprint density at radius 2 is 2.12 bits per heavy atom. The van der Waals surface area contributed by atoms with Gasteiger partial charge in [-0.05, 0) is 31.7 Å². The van der Waals surface area contributed by atoms with Crippen LogP contribution < -0.4 is 5.43 Å². The maximum absolute atomic E-state index is 12.3. The van der Waals surface area contributed by atoms with Crippen LogP contribution in [0, 0.1) is 0 Å². The van der Waals surface area contributed by atoms with Crippen LogP contribution in [0.1, 0.15) is 41.4 Å². The summed E-state index contributed by atoms with van der Waals surface area (Å²) in [7, 11) is 0. The summed E-state index contributed by atoms with van der Waals surface area (Å²) in [5.74, 6) is -0.198. The molecule has 0 fully saturated rings. The van der Waals surface area contributed by atoms with Gasteiger partial charge in [-0.3, -0.25) is 4.79 Å². The predicted molar refractivity (Wildman–Crippen MR) is 89.0 cm³/mol. The first-order valence-corrected chi connectivity index (χ1v) is 8.58. The molecular weight excluding hydrogens is 332 g/mol. The molecule has 0 aliphatic heterocycles. The van der Waals surface area contributed by atoms with Crippen molar-refractivity contribution in [1.82, 2.24) is 10.4 Å². The third kappa shape index (κ3) is 3.94. The van der Waals surface area contributed by atoms with Gasteiger partial charge in [-0.25, -0.2) is 20.0 Å². The lowest BCUT2D eigenvalue weighted by Gasteiger charge is -2.31. The van der Waals surface area contributed by atoms with Crippen molar-refractivity contribution in [3.05, 3.63) is 34.0 Å². The highest BCUT2D eigenvalue weighted by Crippen LogP contribution is 2.36. The van der Waals surface area contributed by atoms with E-state index >= 15 is 0 Å². The molecule has 0 radical (unpaired) electrons. The zero-order valence-electron chi connectivity index (χ0n) is 13.6. The summed E-state index contributed by atoms with van der Waals surface area (Å²) in [6.07, 6.45) is 3.80. The molecule has 24 heavy (non-hydrogen) atoms. The lowest BCUT2D eigenvalue weighted by molar-refractivity contribution is 0.0542. The van der Waals surface area contributed by atoms with Crippen molar-refractivity contribution in [3.63, 3.8) is 0 Å². The van der Waals surface area contributed by atoms with Crippen molar-refractivity contribution in [1.29, 1.82) is 0 Å². The monoisotopic (exact) mass is 352 g/mol. The van der Waals surface area contributed by atoms with Gasteiger partial charge >= 0.3 is 12.2 Å². The maximum Gasteiger partial charge on any atom is 0.429 e. The van der Waals surface area contributed by atoms with E-state index in [9.17, 15) is 14.4 Å². The molecule has 1 aromatic rings. The Balaban J connectivity index is 2.25. The number of nitrogens with one attached hydrogen (secondary N) is 1. The summed E-state index contributed by atoms with van der Waals surface area (Å²) in [5.41, 5.74) is 3.03. The lowest BCUT2D eigenvalue weighted by atomic mass is 9.99. The van der Waals surface area contributed by atoms with Gasteiger partial charge in [0.15, 0.2) is 6.29 Å². The van der Waals surface area contributed by atoms with Crippen LogP contribution in [0.3, 0.4) is 0 Å². The van der Waals surface area contributed by atoms with Crippen LogP contribution in [0.4, 0.5) is 9.59 Å². The minimum atomic E-state index is -0.724. The van der Waals surface area contributed by atoms with Gasteiger partial charge in [-0.1, -0.05) is 12.2 Å². The van der Waals surface area contributed by atoms with E-state index in [1.807, 2.05) is 17.5 Å². The second-order valence-electron chi connectivity index (χ2n) is 5.02. The van der Waals surface area contributed by atoms with Gasteiger partial charge < -0.3 is 9.47 Å². The van der Waals surface area contributed by atoms with E-state index in [0.29, 0.717) is 12.0 Å². The molecular formula is C16H20N2O5S. The number of hydrogen-bond acceptors (Lipinski definition) is 6. The van der Waals surface area contributed by atoms with Gasteiger partial charge in [0.2, 0.25) is 0 Å². The third-order valence-electron chi connectivity index (χ3n) is 3.58. The second-order valence-corrected chi connectivity index (χ2v) is 5.96. The number of ether oxygens (including phenoxy) is 2. The van der Waals surface area contributed by atoms with Crippen molar-refractivity contribution in [2.75, 3.05) is 13.2 Å². The molecule has 0 saturated carbocycles. The number of rotatable bonds is 5. The summed E-state index contributed by atoms with van der Waals surface area (Å²) in [6, 6.07) is 1.36. The normalized spacial score (nSPS) is 18.9. The van der Waals surface area contributed by atoms with Crippen molar-refractivity contribution < 1.29 is 23.9 Å². The van der Waals surface area contributed by atoms with E-state index in [1.54, 1.807) is 19.9 Å². The van der Waals surface area contributed by atoms with Crippen LogP contribution in [-0.2, 0) is 9.47 Å². The molecule has 1 N–H and O–H groups in total. The molecule has 2 atom stereocenters. The molecule has 2 amide bonds. The van der Waals surface area contributed by atoms with Crippen molar-refractivity contribution >= 4 is 29.8 Å². The molecule has 0 bridgehead atoms. The summed E-state index contributed by atoms with van der Waals surface area (Å²) < 4.78 is 9.90. The van der Waals surface area contributed by atoms with Gasteiger partial charge in [0.05, 0.1) is 19.3 Å². The topological polar surface area (TPSA) is 84.9 Å². The van der Waals surface area contributed by atoms with E-state index < -0.39 is 12.2 Å². The summed E-state index contributed by atoms with van der Waals surface area (Å²) in [6.45, 7) is 3.74. The Kier molecular flexibility index (Phi) is 6.36. The maximum atomic E-state index is 12.3. The van der Waals surface area contributed by atoms with E-state index in [1.165, 1.54) is 11.3 Å². The fourth-order valence-electron chi connectivity index (χ4n) is 2.59. The largest absolute Gasteiger partial charge is 0.449 e. The average Bonchev–Trinajstić information content (AvgIpc) is 3.21. The van der Waals surface area contributed by atoms with Crippen molar-refractivity contribution in [2.24, 2.45) is 0 Å². The fraction of sp³-hybridized carbons (Fsp3) is 0.438. The Labute approximate surface area is 144 Å². The number of carbonyl (C=O) groups is 3. The molecule has 1 aliphatic rings. The molecule has 7 nitrogen and oxygen atoms in total. The average molecular weight is 352 g/mol. The molecule has 0 unspecified atom stereocenters. The minimum absolute atomic E-state index is 0.184. The molecule has 2 rings (SSSR count). The van der Waals surface area contributed by atoms with Gasteiger partial charge in [0, 0.05) is 16.4 Å². The van der Waals surface area contributed by atoms with Gasteiger partial charge in [0.25, 0.3) is 0 Å². The molecule has 0 spiro atoms. The quantitative estimate of drug-likeness (QED) is 0.500. The first-order valence-electron chi connectivity index (χ1n) is 7.70. The first kappa shape index (κ1) is 18.0. The highest BCUT2D eigenvalue weighted by Gasteiger charge is 2.36. The summed E-state index contributed by atoms with van der Waals surface area (Å²) >= 11 is 1.44. The van der Waals surface area contributed by atoms with E-state index in [-0.39, 0.29) is 25.2 Å². The Morgan fingerprint density at radius 1 is 1.38 bits per heavy atom.